The molecule has 1 heterocycles. The standard InChI is InChI=1S/C10H6O3/c11-6-8-5-7-3-1-2-4-9(7)10(12)13-8/h1-6H. The van der Waals surface area contributed by atoms with Crippen LogP contribution in [0.15, 0.2) is 39.5 Å². The topological polar surface area (TPSA) is 47.3 Å². The maximum Gasteiger partial charge on any atom is 0.344 e. The van der Waals surface area contributed by atoms with E-state index >= 15 is 0 Å². The van der Waals surface area contributed by atoms with Crippen molar-refractivity contribution in [3.8, 4) is 0 Å². The van der Waals surface area contributed by atoms with Crippen molar-refractivity contribution >= 4 is 17.1 Å². The summed E-state index contributed by atoms with van der Waals surface area (Å²) in [6.07, 6.45) is 0.522. The van der Waals surface area contributed by atoms with Gasteiger partial charge in [0.1, 0.15) is 0 Å². The minimum absolute atomic E-state index is 0.0590. The van der Waals surface area contributed by atoms with Crippen LogP contribution in [0.25, 0.3) is 10.8 Å². The lowest BCUT2D eigenvalue weighted by Crippen LogP contribution is -2.00. The van der Waals surface area contributed by atoms with Crippen LogP contribution in [0.5, 0.6) is 0 Å². The summed E-state index contributed by atoms with van der Waals surface area (Å²) in [5, 5.41) is 1.22. The molecule has 0 amide bonds. The van der Waals surface area contributed by atoms with Crippen LogP contribution in [-0.2, 0) is 0 Å². The highest BCUT2D eigenvalue weighted by Gasteiger charge is 2.01. The lowest BCUT2D eigenvalue weighted by Gasteiger charge is -1.94. The van der Waals surface area contributed by atoms with Gasteiger partial charge in [-0.25, -0.2) is 4.79 Å². The summed E-state index contributed by atoms with van der Waals surface area (Å²) >= 11 is 0. The van der Waals surface area contributed by atoms with Crippen molar-refractivity contribution < 1.29 is 9.21 Å². The Hall–Kier alpha value is -1.90. The minimum atomic E-state index is -0.472. The molecule has 0 saturated carbocycles. The van der Waals surface area contributed by atoms with Gasteiger partial charge in [-0.15, -0.1) is 0 Å². The molecule has 1 aromatic carbocycles. The Balaban J connectivity index is 2.92. The Morgan fingerprint density at radius 3 is 2.77 bits per heavy atom. The second-order valence-corrected chi connectivity index (χ2v) is 2.64. The fourth-order valence-electron chi connectivity index (χ4n) is 1.21. The average Bonchev–Trinajstić information content (AvgIpc) is 2.18. The molecule has 0 spiro atoms. The summed E-state index contributed by atoms with van der Waals surface area (Å²) in [6, 6.07) is 8.52. The van der Waals surface area contributed by atoms with E-state index in [0.717, 1.165) is 5.39 Å². The molecule has 2 rings (SSSR count). The Kier molecular flexibility index (Phi) is 1.70. The Labute approximate surface area is 73.6 Å². The van der Waals surface area contributed by atoms with Crippen LogP contribution in [0, 0.1) is 0 Å². The molecular formula is C10H6O3. The van der Waals surface area contributed by atoms with E-state index in [1.54, 1.807) is 30.3 Å². The molecule has 0 aliphatic heterocycles. The smallest absolute Gasteiger partial charge is 0.344 e. The summed E-state index contributed by atoms with van der Waals surface area (Å²) in [5.41, 5.74) is -0.472. The predicted octanol–water partition coefficient (Wildman–Crippen LogP) is 1.61. The van der Waals surface area contributed by atoms with Gasteiger partial charge in [0.05, 0.1) is 5.39 Å². The van der Waals surface area contributed by atoms with Crippen LogP contribution >= 0.6 is 0 Å². The summed E-state index contributed by atoms with van der Waals surface area (Å²) < 4.78 is 4.72. The molecule has 0 atom stereocenters. The summed E-state index contributed by atoms with van der Waals surface area (Å²) in [4.78, 5) is 21.6. The SMILES string of the molecule is O=Cc1cc2ccccc2c(=O)o1. The number of carbonyl (C=O) groups excluding carboxylic acids is 1. The second-order valence-electron chi connectivity index (χ2n) is 2.64. The van der Waals surface area contributed by atoms with Crippen molar-refractivity contribution in [1.29, 1.82) is 0 Å². The monoisotopic (exact) mass is 174 g/mol. The van der Waals surface area contributed by atoms with Crippen LogP contribution in [0.4, 0.5) is 0 Å². The van der Waals surface area contributed by atoms with Crippen molar-refractivity contribution in [1.82, 2.24) is 0 Å². The van der Waals surface area contributed by atoms with Gasteiger partial charge in [-0.3, -0.25) is 4.79 Å². The molecular weight excluding hydrogens is 168 g/mol. The molecule has 3 nitrogen and oxygen atoms in total. The Morgan fingerprint density at radius 1 is 1.23 bits per heavy atom. The molecule has 3 heteroatoms. The maximum absolute atomic E-state index is 11.2. The van der Waals surface area contributed by atoms with Crippen molar-refractivity contribution in [2.75, 3.05) is 0 Å². The quantitative estimate of drug-likeness (QED) is 0.617. The molecule has 0 aliphatic carbocycles. The van der Waals surface area contributed by atoms with E-state index in [1.807, 2.05) is 0 Å². The second kappa shape index (κ2) is 2.86. The third kappa shape index (κ3) is 1.24. The minimum Gasteiger partial charge on any atom is -0.419 e. The number of fused-ring (bicyclic) bond motifs is 1. The first-order valence-corrected chi connectivity index (χ1v) is 3.79. The van der Waals surface area contributed by atoms with Crippen molar-refractivity contribution in [3.05, 3.63) is 46.5 Å². The third-order valence-electron chi connectivity index (χ3n) is 1.81. The fraction of sp³-hybridized carbons (Fsp3) is 0. The zero-order valence-corrected chi connectivity index (χ0v) is 6.69. The molecule has 13 heavy (non-hydrogen) atoms. The van der Waals surface area contributed by atoms with Gasteiger partial charge in [0, 0.05) is 0 Å². The molecule has 0 bridgehead atoms. The van der Waals surface area contributed by atoms with Gasteiger partial charge >= 0.3 is 5.63 Å². The average molecular weight is 174 g/mol. The molecule has 0 radical (unpaired) electrons. The van der Waals surface area contributed by atoms with Crippen LogP contribution < -0.4 is 5.63 Å². The normalized spacial score (nSPS) is 10.2. The van der Waals surface area contributed by atoms with Crippen molar-refractivity contribution in [2.24, 2.45) is 0 Å². The lowest BCUT2D eigenvalue weighted by molar-refractivity contribution is 0.109. The zero-order valence-electron chi connectivity index (χ0n) is 6.69. The number of hydrogen-bond donors (Lipinski definition) is 0. The first-order chi connectivity index (χ1) is 6.31. The summed E-state index contributed by atoms with van der Waals surface area (Å²) in [5.74, 6) is 0.0590. The van der Waals surface area contributed by atoms with E-state index in [4.69, 9.17) is 4.42 Å². The van der Waals surface area contributed by atoms with Crippen LogP contribution in [-0.4, -0.2) is 6.29 Å². The number of aldehydes is 1. The van der Waals surface area contributed by atoms with Gasteiger partial charge < -0.3 is 4.42 Å². The van der Waals surface area contributed by atoms with Gasteiger partial charge in [0.2, 0.25) is 0 Å². The number of carbonyl (C=O) groups is 1. The van der Waals surface area contributed by atoms with E-state index < -0.39 is 5.63 Å². The molecule has 64 valence electrons. The van der Waals surface area contributed by atoms with Crippen LogP contribution in [0.1, 0.15) is 10.6 Å². The first-order valence-electron chi connectivity index (χ1n) is 3.79. The molecule has 0 aliphatic rings. The Morgan fingerprint density at radius 2 is 2.00 bits per heavy atom. The molecule has 0 saturated heterocycles. The summed E-state index contributed by atoms with van der Waals surface area (Å²) in [6.45, 7) is 0. The van der Waals surface area contributed by atoms with E-state index in [2.05, 4.69) is 0 Å². The molecule has 0 N–H and O–H groups in total. The van der Waals surface area contributed by atoms with E-state index in [9.17, 15) is 9.59 Å². The number of rotatable bonds is 1. The number of hydrogen-bond acceptors (Lipinski definition) is 3. The van der Waals surface area contributed by atoms with Gasteiger partial charge in [-0.05, 0) is 17.5 Å². The van der Waals surface area contributed by atoms with Crippen molar-refractivity contribution in [2.45, 2.75) is 0 Å². The molecule has 1 aromatic heterocycles. The lowest BCUT2D eigenvalue weighted by atomic mass is 10.2. The third-order valence-corrected chi connectivity index (χ3v) is 1.81. The van der Waals surface area contributed by atoms with Gasteiger partial charge in [0.25, 0.3) is 0 Å². The van der Waals surface area contributed by atoms with Crippen molar-refractivity contribution in [3.63, 3.8) is 0 Å². The van der Waals surface area contributed by atoms with E-state index in [-0.39, 0.29) is 5.76 Å². The van der Waals surface area contributed by atoms with Gasteiger partial charge in [-0.1, -0.05) is 18.2 Å². The highest BCUT2D eigenvalue weighted by molar-refractivity contribution is 5.85. The summed E-state index contributed by atoms with van der Waals surface area (Å²) in [7, 11) is 0. The molecule has 0 unspecified atom stereocenters. The van der Waals surface area contributed by atoms with Gasteiger partial charge in [0.15, 0.2) is 12.0 Å². The van der Waals surface area contributed by atoms with Gasteiger partial charge in [-0.2, -0.15) is 0 Å². The Bertz CT molecular complexity index is 511. The highest BCUT2D eigenvalue weighted by atomic mass is 16.4. The zero-order chi connectivity index (χ0) is 9.26. The molecule has 0 fully saturated rings. The first kappa shape index (κ1) is 7.73. The number of benzene rings is 1. The van der Waals surface area contributed by atoms with E-state index in [0.29, 0.717) is 11.7 Å². The maximum atomic E-state index is 11.2. The van der Waals surface area contributed by atoms with Crippen LogP contribution in [0.3, 0.4) is 0 Å². The molecule has 2 aromatic rings. The van der Waals surface area contributed by atoms with E-state index in [1.165, 1.54) is 0 Å². The predicted molar refractivity (Wildman–Crippen MR) is 47.9 cm³/mol. The van der Waals surface area contributed by atoms with Crippen LogP contribution in [0.2, 0.25) is 0 Å². The fourth-order valence-corrected chi connectivity index (χ4v) is 1.21. The largest absolute Gasteiger partial charge is 0.419 e. The highest BCUT2D eigenvalue weighted by Crippen LogP contribution is 2.09.